The van der Waals surface area contributed by atoms with Gasteiger partial charge in [-0.15, -0.1) is 0 Å². The van der Waals surface area contributed by atoms with E-state index in [1.807, 2.05) is 0 Å². The zero-order valence-electron chi connectivity index (χ0n) is 9.97. The smallest absolute Gasteiger partial charge is 0.306 e. The predicted molar refractivity (Wildman–Crippen MR) is 63.9 cm³/mol. The molecule has 0 aromatic heterocycles. The van der Waals surface area contributed by atoms with Crippen LogP contribution in [0.3, 0.4) is 0 Å². The number of anilines is 1. The molecule has 1 amide bonds. The number of nitrogens with zero attached hydrogens (tertiary/aromatic N) is 2. The summed E-state index contributed by atoms with van der Waals surface area (Å²) in [7, 11) is 1.14. The second-order valence-electron chi connectivity index (χ2n) is 3.68. The lowest BCUT2D eigenvalue weighted by Gasteiger charge is -2.17. The summed E-state index contributed by atoms with van der Waals surface area (Å²) in [5.41, 5.74) is 1.18. The number of nitro groups is 1. The Morgan fingerprint density at radius 3 is 2.68 bits per heavy atom. The number of benzene rings is 1. The maximum Gasteiger partial charge on any atom is 0.306 e. The summed E-state index contributed by atoms with van der Waals surface area (Å²) in [6, 6.07) is 3.86. The maximum absolute atomic E-state index is 12.2. The number of carbonyl (C=O) groups is 1. The second kappa shape index (κ2) is 6.05. The number of hydrazine groups is 1. The Hall–Kier alpha value is -2.29. The normalized spacial score (nSPS) is 10.4. The van der Waals surface area contributed by atoms with Gasteiger partial charge in [0.2, 0.25) is 0 Å². The van der Waals surface area contributed by atoms with Gasteiger partial charge in [-0.05, 0) is 12.1 Å². The van der Waals surface area contributed by atoms with Crippen molar-refractivity contribution >= 4 is 17.3 Å². The molecule has 0 atom stereocenters. The molecule has 0 heterocycles. The van der Waals surface area contributed by atoms with Crippen LogP contribution in [0.25, 0.3) is 0 Å². The van der Waals surface area contributed by atoms with Gasteiger partial charge in [-0.25, -0.2) is 8.78 Å². The lowest BCUT2D eigenvalue weighted by atomic mass is 10.1. The number of carbonyl (C=O) groups excluding carboxylic acids is 1. The first kappa shape index (κ1) is 14.8. The molecule has 7 nitrogen and oxygen atoms in total. The van der Waals surface area contributed by atoms with Crippen molar-refractivity contribution in [3.8, 4) is 0 Å². The van der Waals surface area contributed by atoms with Crippen molar-refractivity contribution in [1.82, 2.24) is 4.90 Å². The van der Waals surface area contributed by atoms with Crippen molar-refractivity contribution in [1.29, 1.82) is 0 Å². The first-order valence-electron chi connectivity index (χ1n) is 5.16. The SMILES string of the molecule is CN(CC(F)F)C(=O)c1cccc(NN)c1[N+](=O)[O-]. The summed E-state index contributed by atoms with van der Waals surface area (Å²) in [5.74, 6) is 4.24. The Kier molecular flexibility index (Phi) is 4.70. The van der Waals surface area contributed by atoms with Gasteiger partial charge in [0, 0.05) is 7.05 Å². The molecule has 0 saturated heterocycles. The fraction of sp³-hybridized carbons (Fsp3) is 0.300. The molecule has 19 heavy (non-hydrogen) atoms. The van der Waals surface area contributed by atoms with Crippen LogP contribution in [0.15, 0.2) is 18.2 Å². The van der Waals surface area contributed by atoms with Gasteiger partial charge in [0.05, 0.1) is 11.5 Å². The van der Waals surface area contributed by atoms with E-state index in [4.69, 9.17) is 5.84 Å². The van der Waals surface area contributed by atoms with Crippen LogP contribution < -0.4 is 11.3 Å². The first-order valence-corrected chi connectivity index (χ1v) is 5.16. The highest BCUT2D eigenvalue weighted by Crippen LogP contribution is 2.28. The monoisotopic (exact) mass is 274 g/mol. The third kappa shape index (κ3) is 3.35. The first-order chi connectivity index (χ1) is 8.88. The molecule has 0 fully saturated rings. The van der Waals surface area contributed by atoms with Crippen LogP contribution in [0.5, 0.6) is 0 Å². The van der Waals surface area contributed by atoms with Crippen LogP contribution in [0, 0.1) is 10.1 Å². The number of halogens is 2. The van der Waals surface area contributed by atoms with E-state index in [-0.39, 0.29) is 11.3 Å². The van der Waals surface area contributed by atoms with E-state index >= 15 is 0 Å². The molecule has 1 aromatic carbocycles. The fourth-order valence-electron chi connectivity index (χ4n) is 1.52. The van der Waals surface area contributed by atoms with Gasteiger partial charge in [0.15, 0.2) is 0 Å². The van der Waals surface area contributed by atoms with E-state index < -0.39 is 29.5 Å². The molecule has 0 aliphatic rings. The van der Waals surface area contributed by atoms with Crippen LogP contribution in [0.4, 0.5) is 20.2 Å². The molecule has 0 bridgehead atoms. The highest BCUT2D eigenvalue weighted by atomic mass is 19.3. The topological polar surface area (TPSA) is 102 Å². The summed E-state index contributed by atoms with van der Waals surface area (Å²) in [6.07, 6.45) is -2.72. The number of amides is 1. The molecule has 0 unspecified atom stereocenters. The van der Waals surface area contributed by atoms with E-state index in [0.29, 0.717) is 4.90 Å². The zero-order valence-corrected chi connectivity index (χ0v) is 9.97. The molecular formula is C10H12F2N4O3. The van der Waals surface area contributed by atoms with Gasteiger partial charge in [-0.3, -0.25) is 20.8 Å². The van der Waals surface area contributed by atoms with E-state index in [2.05, 4.69) is 5.43 Å². The highest BCUT2D eigenvalue weighted by Gasteiger charge is 2.27. The van der Waals surface area contributed by atoms with E-state index in [9.17, 15) is 23.7 Å². The van der Waals surface area contributed by atoms with Gasteiger partial charge in [-0.2, -0.15) is 0 Å². The third-order valence-corrected chi connectivity index (χ3v) is 2.36. The molecule has 3 N–H and O–H groups in total. The minimum atomic E-state index is -2.72. The van der Waals surface area contributed by atoms with Gasteiger partial charge < -0.3 is 10.3 Å². The molecular weight excluding hydrogens is 262 g/mol. The van der Waals surface area contributed by atoms with Gasteiger partial charge in [0.25, 0.3) is 12.3 Å². The summed E-state index contributed by atoms with van der Waals surface area (Å²) < 4.78 is 24.4. The number of nitrogens with two attached hydrogens (primary N) is 1. The number of hydrogen-bond donors (Lipinski definition) is 2. The summed E-state index contributed by atoms with van der Waals surface area (Å²) >= 11 is 0. The van der Waals surface area contributed by atoms with Crippen molar-refractivity contribution in [3.63, 3.8) is 0 Å². The van der Waals surface area contributed by atoms with Crippen molar-refractivity contribution in [2.45, 2.75) is 6.43 Å². The van der Waals surface area contributed by atoms with E-state index in [0.717, 1.165) is 7.05 Å². The molecule has 1 aromatic rings. The Labute approximate surface area is 107 Å². The molecule has 1 rings (SSSR count). The Bertz CT molecular complexity index is 496. The third-order valence-electron chi connectivity index (χ3n) is 2.36. The molecule has 0 spiro atoms. The zero-order chi connectivity index (χ0) is 14.6. The minimum absolute atomic E-state index is 0.0682. The standard InChI is InChI=1S/C10H12F2N4O3/c1-15(5-8(11)12)10(17)6-3-2-4-7(14-13)9(6)16(18)19/h2-4,8,14H,5,13H2,1H3. The summed E-state index contributed by atoms with van der Waals surface area (Å²) in [4.78, 5) is 22.8. The molecule has 0 radical (unpaired) electrons. The lowest BCUT2D eigenvalue weighted by molar-refractivity contribution is -0.384. The summed E-state index contributed by atoms with van der Waals surface area (Å²) in [6.45, 7) is -0.809. The summed E-state index contributed by atoms with van der Waals surface area (Å²) in [5, 5.41) is 10.9. The molecule has 0 aliphatic carbocycles. The van der Waals surface area contributed by atoms with Gasteiger partial charge in [-0.1, -0.05) is 6.07 Å². The van der Waals surface area contributed by atoms with E-state index in [1.54, 1.807) is 0 Å². The molecule has 0 saturated carbocycles. The number of hydrogen-bond acceptors (Lipinski definition) is 5. The van der Waals surface area contributed by atoms with Crippen molar-refractivity contribution in [2.24, 2.45) is 5.84 Å². The van der Waals surface area contributed by atoms with Crippen molar-refractivity contribution in [2.75, 3.05) is 19.0 Å². The van der Waals surface area contributed by atoms with Gasteiger partial charge in [0.1, 0.15) is 11.3 Å². The van der Waals surface area contributed by atoms with Crippen LogP contribution in [0.1, 0.15) is 10.4 Å². The fourth-order valence-corrected chi connectivity index (χ4v) is 1.52. The second-order valence-corrected chi connectivity index (χ2v) is 3.68. The highest BCUT2D eigenvalue weighted by molar-refractivity contribution is 6.00. The van der Waals surface area contributed by atoms with Crippen molar-refractivity contribution in [3.05, 3.63) is 33.9 Å². The lowest BCUT2D eigenvalue weighted by Crippen LogP contribution is -2.31. The minimum Gasteiger partial charge on any atom is -0.336 e. The Balaban J connectivity index is 3.19. The van der Waals surface area contributed by atoms with Crippen LogP contribution in [-0.4, -0.2) is 35.7 Å². The average molecular weight is 274 g/mol. The number of para-hydroxylation sites is 1. The predicted octanol–water partition coefficient (Wildman–Crippen LogP) is 1.22. The number of rotatable bonds is 5. The van der Waals surface area contributed by atoms with Gasteiger partial charge >= 0.3 is 5.69 Å². The number of nitrogen functional groups attached to an aromatic ring is 1. The number of nitrogens with one attached hydrogen (secondary N) is 1. The van der Waals surface area contributed by atoms with E-state index in [1.165, 1.54) is 18.2 Å². The number of nitro benzene ring substituents is 1. The van der Waals surface area contributed by atoms with Crippen molar-refractivity contribution < 1.29 is 18.5 Å². The molecule has 104 valence electrons. The van der Waals surface area contributed by atoms with Crippen LogP contribution >= 0.6 is 0 Å². The molecule has 0 aliphatic heterocycles. The van der Waals surface area contributed by atoms with Crippen LogP contribution in [-0.2, 0) is 0 Å². The Morgan fingerprint density at radius 2 is 2.21 bits per heavy atom. The number of alkyl halides is 2. The molecule has 9 heteroatoms. The average Bonchev–Trinajstić information content (AvgIpc) is 2.35. The van der Waals surface area contributed by atoms with Crippen LogP contribution in [0.2, 0.25) is 0 Å². The largest absolute Gasteiger partial charge is 0.336 e. The quantitative estimate of drug-likeness (QED) is 0.477. The Morgan fingerprint density at radius 1 is 1.58 bits per heavy atom. The maximum atomic E-state index is 12.2.